The molecule has 0 unspecified atom stereocenters. The van der Waals surface area contributed by atoms with Crippen LogP contribution in [0.2, 0.25) is 5.02 Å². The number of nitriles is 1. The van der Waals surface area contributed by atoms with E-state index in [1.165, 1.54) is 11.0 Å². The Morgan fingerprint density at radius 2 is 2.00 bits per heavy atom. The molecule has 0 saturated heterocycles. The molecule has 0 aliphatic rings. The maximum atomic E-state index is 11.6. The minimum absolute atomic E-state index is 0.177. The van der Waals surface area contributed by atoms with Crippen molar-refractivity contribution in [2.75, 3.05) is 20.2 Å². The fraction of sp³-hybridized carbons (Fsp3) is 0.130. The van der Waals surface area contributed by atoms with Crippen LogP contribution in [-0.4, -0.2) is 31.0 Å². The number of benzene rings is 3. The van der Waals surface area contributed by atoms with Crippen LogP contribution in [0.1, 0.15) is 5.56 Å². The number of halogens is 1. The van der Waals surface area contributed by atoms with Crippen molar-refractivity contribution in [3.8, 4) is 23.3 Å². The average molecular weight is 407 g/mol. The smallest absolute Gasteiger partial charge is 0.245 e. The summed E-state index contributed by atoms with van der Waals surface area (Å²) in [5, 5.41) is 11.4. The van der Waals surface area contributed by atoms with E-state index < -0.39 is 0 Å². The number of nitrogens with zero attached hydrogens (tertiary/aromatic N) is 2. The third kappa shape index (κ3) is 4.87. The van der Waals surface area contributed by atoms with Gasteiger partial charge in [0.25, 0.3) is 0 Å². The molecule has 0 spiro atoms. The zero-order valence-corrected chi connectivity index (χ0v) is 16.6. The van der Waals surface area contributed by atoms with E-state index in [4.69, 9.17) is 26.3 Å². The molecule has 0 fully saturated rings. The molecule has 146 valence electrons. The monoisotopic (exact) mass is 406 g/mol. The summed E-state index contributed by atoms with van der Waals surface area (Å²) in [5.41, 5.74) is 0.586. The Bertz CT molecular complexity index is 1100. The summed E-state index contributed by atoms with van der Waals surface area (Å²) in [4.78, 5) is 13.1. The van der Waals surface area contributed by atoms with E-state index in [9.17, 15) is 4.79 Å². The van der Waals surface area contributed by atoms with Crippen LogP contribution in [0.3, 0.4) is 0 Å². The van der Waals surface area contributed by atoms with Crippen molar-refractivity contribution in [2.24, 2.45) is 0 Å². The Morgan fingerprint density at radius 1 is 1.17 bits per heavy atom. The van der Waals surface area contributed by atoms with Gasteiger partial charge in [-0.25, -0.2) is 0 Å². The number of carbonyl (C=O) groups excluding carboxylic acids is 1. The first-order valence-corrected chi connectivity index (χ1v) is 9.30. The van der Waals surface area contributed by atoms with E-state index in [1.807, 2.05) is 30.3 Å². The van der Waals surface area contributed by atoms with Gasteiger partial charge >= 0.3 is 0 Å². The predicted molar refractivity (Wildman–Crippen MR) is 114 cm³/mol. The molecule has 0 aromatic heterocycles. The maximum Gasteiger partial charge on any atom is 0.245 e. The SMILES string of the molecule is C=CC(=O)N(C)CCOc1cc(Cl)ccc1Oc1cccc2cc(C#N)ccc12. The van der Waals surface area contributed by atoms with E-state index in [0.29, 0.717) is 34.4 Å². The van der Waals surface area contributed by atoms with Crippen LogP contribution in [0.4, 0.5) is 0 Å². The molecule has 3 aromatic rings. The molecule has 3 aromatic carbocycles. The molecule has 6 heteroatoms. The highest BCUT2D eigenvalue weighted by Crippen LogP contribution is 2.37. The van der Waals surface area contributed by atoms with Gasteiger partial charge < -0.3 is 14.4 Å². The minimum Gasteiger partial charge on any atom is -0.488 e. The van der Waals surface area contributed by atoms with Gasteiger partial charge in [-0.3, -0.25) is 4.79 Å². The average Bonchev–Trinajstić information content (AvgIpc) is 2.74. The third-order valence-corrected chi connectivity index (χ3v) is 4.57. The van der Waals surface area contributed by atoms with Crippen molar-refractivity contribution in [2.45, 2.75) is 0 Å². The lowest BCUT2D eigenvalue weighted by Crippen LogP contribution is -2.29. The van der Waals surface area contributed by atoms with Gasteiger partial charge in [-0.2, -0.15) is 5.26 Å². The number of hydrogen-bond donors (Lipinski definition) is 0. The van der Waals surface area contributed by atoms with Crippen LogP contribution in [0.5, 0.6) is 17.2 Å². The zero-order valence-electron chi connectivity index (χ0n) is 15.9. The van der Waals surface area contributed by atoms with Crippen LogP contribution in [0.25, 0.3) is 10.8 Å². The van der Waals surface area contributed by atoms with E-state index in [-0.39, 0.29) is 12.5 Å². The van der Waals surface area contributed by atoms with E-state index in [0.717, 1.165) is 10.8 Å². The molecule has 0 aliphatic carbocycles. The van der Waals surface area contributed by atoms with Crippen molar-refractivity contribution in [3.05, 3.63) is 77.8 Å². The second kappa shape index (κ2) is 9.13. The molecule has 5 nitrogen and oxygen atoms in total. The molecule has 0 atom stereocenters. The minimum atomic E-state index is -0.177. The highest BCUT2D eigenvalue weighted by Gasteiger charge is 2.11. The summed E-state index contributed by atoms with van der Waals surface area (Å²) in [5.74, 6) is 1.44. The molecule has 0 radical (unpaired) electrons. The lowest BCUT2D eigenvalue weighted by atomic mass is 10.1. The van der Waals surface area contributed by atoms with Crippen molar-refractivity contribution >= 4 is 28.3 Å². The Labute approximate surface area is 174 Å². The second-order valence-corrected chi connectivity index (χ2v) is 6.75. The quantitative estimate of drug-likeness (QED) is 0.507. The summed E-state index contributed by atoms with van der Waals surface area (Å²) in [6.45, 7) is 4.13. The Morgan fingerprint density at radius 3 is 2.76 bits per heavy atom. The standard InChI is InChI=1S/C23H19ClN2O3/c1-3-23(27)26(2)11-12-28-22-14-18(24)8-10-21(22)29-20-6-4-5-17-13-16(15-25)7-9-19(17)20/h3-10,13-14H,1,11-12H2,2H3. The molecule has 3 rings (SSSR count). The summed E-state index contributed by atoms with van der Waals surface area (Å²) < 4.78 is 11.9. The van der Waals surface area contributed by atoms with Gasteiger partial charge in [-0.05, 0) is 47.9 Å². The molecule has 0 saturated carbocycles. The molecule has 1 amide bonds. The van der Waals surface area contributed by atoms with Crippen molar-refractivity contribution in [3.63, 3.8) is 0 Å². The van der Waals surface area contributed by atoms with Crippen LogP contribution in [0.15, 0.2) is 67.3 Å². The van der Waals surface area contributed by atoms with E-state index in [1.54, 1.807) is 31.3 Å². The molecule has 0 aliphatic heterocycles. The lowest BCUT2D eigenvalue weighted by molar-refractivity contribution is -0.125. The van der Waals surface area contributed by atoms with E-state index >= 15 is 0 Å². The molecule has 0 heterocycles. The normalized spacial score (nSPS) is 10.2. The lowest BCUT2D eigenvalue weighted by Gasteiger charge is -2.17. The Hall–Kier alpha value is -3.49. The fourth-order valence-electron chi connectivity index (χ4n) is 2.77. The topological polar surface area (TPSA) is 62.6 Å². The fourth-order valence-corrected chi connectivity index (χ4v) is 2.93. The highest BCUT2D eigenvalue weighted by molar-refractivity contribution is 6.30. The zero-order chi connectivity index (χ0) is 20.8. The van der Waals surface area contributed by atoms with Crippen LogP contribution >= 0.6 is 11.6 Å². The summed E-state index contributed by atoms with van der Waals surface area (Å²) in [6.07, 6.45) is 1.26. The molecule has 0 N–H and O–H groups in total. The maximum absolute atomic E-state index is 11.6. The summed E-state index contributed by atoms with van der Waals surface area (Å²) in [6, 6.07) is 18.3. The molecule has 0 bridgehead atoms. The van der Waals surface area contributed by atoms with Crippen LogP contribution in [-0.2, 0) is 4.79 Å². The van der Waals surface area contributed by atoms with Crippen LogP contribution in [0, 0.1) is 11.3 Å². The number of rotatable bonds is 7. The van der Waals surface area contributed by atoms with Crippen LogP contribution < -0.4 is 9.47 Å². The van der Waals surface area contributed by atoms with Gasteiger partial charge in [0.2, 0.25) is 5.91 Å². The Kier molecular flexibility index (Phi) is 6.38. The molecular formula is C23H19ClN2O3. The second-order valence-electron chi connectivity index (χ2n) is 6.31. The first-order chi connectivity index (χ1) is 14.0. The number of likely N-dealkylation sites (N-methyl/N-ethyl adjacent to an activating group) is 1. The van der Waals surface area contributed by atoms with Gasteiger partial charge in [-0.1, -0.05) is 30.3 Å². The first kappa shape index (κ1) is 20.2. The summed E-state index contributed by atoms with van der Waals surface area (Å²) in [7, 11) is 1.67. The third-order valence-electron chi connectivity index (χ3n) is 4.33. The largest absolute Gasteiger partial charge is 0.488 e. The van der Waals surface area contributed by atoms with Gasteiger partial charge in [0.05, 0.1) is 18.2 Å². The summed E-state index contributed by atoms with van der Waals surface area (Å²) >= 11 is 6.12. The number of amides is 1. The number of carbonyl (C=O) groups is 1. The molecule has 29 heavy (non-hydrogen) atoms. The predicted octanol–water partition coefficient (Wildman–Crippen LogP) is 5.18. The van der Waals surface area contributed by atoms with Crippen molar-refractivity contribution in [1.29, 1.82) is 5.26 Å². The van der Waals surface area contributed by atoms with Crippen molar-refractivity contribution < 1.29 is 14.3 Å². The Balaban J connectivity index is 1.83. The van der Waals surface area contributed by atoms with Gasteiger partial charge in [0.1, 0.15) is 12.4 Å². The van der Waals surface area contributed by atoms with Gasteiger partial charge in [0, 0.05) is 23.5 Å². The highest BCUT2D eigenvalue weighted by atomic mass is 35.5. The van der Waals surface area contributed by atoms with E-state index in [2.05, 4.69) is 12.6 Å². The first-order valence-electron chi connectivity index (χ1n) is 8.92. The van der Waals surface area contributed by atoms with Gasteiger partial charge in [-0.15, -0.1) is 0 Å². The van der Waals surface area contributed by atoms with Crippen molar-refractivity contribution in [1.82, 2.24) is 4.90 Å². The number of fused-ring (bicyclic) bond motifs is 1. The number of hydrogen-bond acceptors (Lipinski definition) is 4. The molecular weight excluding hydrogens is 388 g/mol. The van der Waals surface area contributed by atoms with Gasteiger partial charge in [0.15, 0.2) is 11.5 Å². The number of ether oxygens (including phenoxy) is 2.